The van der Waals surface area contributed by atoms with Gasteiger partial charge in [0.15, 0.2) is 0 Å². The van der Waals surface area contributed by atoms with Crippen LogP contribution in [-0.4, -0.2) is 6.18 Å². The Hall–Kier alpha value is -0.990. The molecule has 0 amide bonds. The second-order valence-corrected chi connectivity index (χ2v) is 4.34. The predicted octanol–water partition coefficient (Wildman–Crippen LogP) is 5.33. The normalized spacial score (nSPS) is 25.2. The van der Waals surface area contributed by atoms with E-state index in [1.54, 1.807) is 12.2 Å². The number of rotatable bonds is 4. The highest BCUT2D eigenvalue weighted by Crippen LogP contribution is 2.28. The first-order valence-corrected chi connectivity index (χ1v) is 6.17. The molecule has 1 rings (SSSR count). The van der Waals surface area contributed by atoms with Crippen molar-refractivity contribution in [1.82, 2.24) is 0 Å². The van der Waals surface area contributed by atoms with Crippen LogP contribution in [-0.2, 0) is 0 Å². The molecule has 0 bridgehead atoms. The Bertz CT molecular complexity index is 319. The average molecular weight is 244 g/mol. The van der Waals surface area contributed by atoms with Crippen molar-refractivity contribution in [3.8, 4) is 0 Å². The van der Waals surface area contributed by atoms with E-state index in [0.29, 0.717) is 6.42 Å². The molecule has 0 aromatic carbocycles. The molecule has 0 saturated carbocycles. The molecule has 3 heteroatoms. The summed E-state index contributed by atoms with van der Waals surface area (Å²) in [6.07, 6.45) is 7.26. The van der Waals surface area contributed by atoms with E-state index in [1.165, 1.54) is 12.2 Å². The van der Waals surface area contributed by atoms with E-state index in [0.717, 1.165) is 37.7 Å². The lowest BCUT2D eigenvalue weighted by Gasteiger charge is -2.11. The number of alkyl halides is 3. The van der Waals surface area contributed by atoms with Crippen LogP contribution in [0.15, 0.2) is 35.5 Å². The van der Waals surface area contributed by atoms with Crippen LogP contribution in [0.2, 0.25) is 0 Å². The van der Waals surface area contributed by atoms with Crippen LogP contribution >= 0.6 is 0 Å². The van der Waals surface area contributed by atoms with Crippen molar-refractivity contribution < 1.29 is 13.2 Å². The fourth-order valence-electron chi connectivity index (χ4n) is 1.82. The molecule has 0 fully saturated rings. The predicted molar refractivity (Wildman–Crippen MR) is 64.7 cm³/mol. The van der Waals surface area contributed by atoms with Crippen LogP contribution < -0.4 is 0 Å². The molecule has 0 radical (unpaired) electrons. The minimum atomic E-state index is -4.24. The van der Waals surface area contributed by atoms with Gasteiger partial charge in [-0.1, -0.05) is 49.6 Å². The van der Waals surface area contributed by atoms with Crippen LogP contribution in [0.25, 0.3) is 0 Å². The van der Waals surface area contributed by atoms with Crippen molar-refractivity contribution in [2.45, 2.75) is 51.6 Å². The standard InChI is InChI=1S/C14H19F3/c1-2-3-4-7-12-8-5-6-9-13(11-10-12)14(15,16)17/h6,9-11H,2-5,7-8H2,1H3/b9-6-,12-10-,13-11+. The third-order valence-electron chi connectivity index (χ3n) is 2.86. The average Bonchev–Trinajstić information content (AvgIpc) is 2.19. The molecular weight excluding hydrogens is 225 g/mol. The maximum absolute atomic E-state index is 12.5. The molecule has 0 aliphatic heterocycles. The Morgan fingerprint density at radius 2 is 1.94 bits per heavy atom. The van der Waals surface area contributed by atoms with Gasteiger partial charge in [-0.2, -0.15) is 13.2 Å². The zero-order chi connectivity index (χ0) is 12.7. The molecule has 96 valence electrons. The number of unbranched alkanes of at least 4 members (excludes halogenated alkanes) is 2. The molecule has 1 aliphatic carbocycles. The fraction of sp³-hybridized carbons (Fsp3) is 0.571. The third-order valence-corrected chi connectivity index (χ3v) is 2.86. The summed E-state index contributed by atoms with van der Waals surface area (Å²) in [6.45, 7) is 2.12. The van der Waals surface area contributed by atoms with E-state index in [9.17, 15) is 13.2 Å². The van der Waals surface area contributed by atoms with E-state index in [2.05, 4.69) is 6.92 Å². The molecule has 0 aromatic rings. The molecule has 17 heavy (non-hydrogen) atoms. The zero-order valence-electron chi connectivity index (χ0n) is 10.2. The number of hydrogen-bond acceptors (Lipinski definition) is 0. The molecule has 0 unspecified atom stereocenters. The van der Waals surface area contributed by atoms with E-state index >= 15 is 0 Å². The van der Waals surface area contributed by atoms with Crippen molar-refractivity contribution in [3.05, 3.63) is 35.5 Å². The summed E-state index contributed by atoms with van der Waals surface area (Å²) in [7, 11) is 0. The number of hydrogen-bond donors (Lipinski definition) is 0. The van der Waals surface area contributed by atoms with Crippen molar-refractivity contribution in [3.63, 3.8) is 0 Å². The van der Waals surface area contributed by atoms with Crippen LogP contribution in [0.3, 0.4) is 0 Å². The van der Waals surface area contributed by atoms with Crippen LogP contribution in [0.5, 0.6) is 0 Å². The van der Waals surface area contributed by atoms with Crippen LogP contribution in [0.1, 0.15) is 45.4 Å². The van der Waals surface area contributed by atoms with E-state index in [-0.39, 0.29) is 0 Å². The summed E-state index contributed by atoms with van der Waals surface area (Å²) < 4.78 is 37.6. The van der Waals surface area contributed by atoms with E-state index in [1.807, 2.05) is 0 Å². The molecule has 0 aromatic heterocycles. The second kappa shape index (κ2) is 6.67. The van der Waals surface area contributed by atoms with Gasteiger partial charge in [-0.3, -0.25) is 0 Å². The summed E-state index contributed by atoms with van der Waals surface area (Å²) in [6, 6.07) is 0. The highest BCUT2D eigenvalue weighted by Gasteiger charge is 2.31. The Morgan fingerprint density at radius 3 is 2.59 bits per heavy atom. The third kappa shape index (κ3) is 5.24. The molecule has 0 atom stereocenters. The van der Waals surface area contributed by atoms with Gasteiger partial charge in [0.05, 0.1) is 5.57 Å². The summed E-state index contributed by atoms with van der Waals surface area (Å²) in [4.78, 5) is 0. The molecule has 0 N–H and O–H groups in total. The summed E-state index contributed by atoms with van der Waals surface area (Å²) in [5, 5.41) is 0. The van der Waals surface area contributed by atoms with Gasteiger partial charge >= 0.3 is 6.18 Å². The minimum Gasteiger partial charge on any atom is -0.166 e. The second-order valence-electron chi connectivity index (χ2n) is 4.34. The summed E-state index contributed by atoms with van der Waals surface area (Å²) >= 11 is 0. The highest BCUT2D eigenvalue weighted by molar-refractivity contribution is 5.31. The SMILES string of the molecule is CCCCC/C1=C/C=C(C(F)(F)F)\C=C/CC1. The van der Waals surface area contributed by atoms with E-state index in [4.69, 9.17) is 0 Å². The molecule has 0 heterocycles. The van der Waals surface area contributed by atoms with Gasteiger partial charge in [0.2, 0.25) is 0 Å². The molecule has 1 aliphatic rings. The molecule has 0 saturated heterocycles. The Labute approximate surface area is 101 Å². The molecule has 0 nitrogen and oxygen atoms in total. The van der Waals surface area contributed by atoms with Crippen LogP contribution in [0.4, 0.5) is 13.2 Å². The smallest absolute Gasteiger partial charge is 0.166 e. The zero-order valence-corrected chi connectivity index (χ0v) is 10.2. The maximum Gasteiger partial charge on any atom is 0.416 e. The van der Waals surface area contributed by atoms with Gasteiger partial charge in [-0.25, -0.2) is 0 Å². The first-order chi connectivity index (χ1) is 8.04. The lowest BCUT2D eigenvalue weighted by molar-refractivity contribution is -0.0882. The van der Waals surface area contributed by atoms with Gasteiger partial charge in [0.1, 0.15) is 0 Å². The topological polar surface area (TPSA) is 0 Å². The molecular formula is C14H19F3. The number of halogens is 3. The van der Waals surface area contributed by atoms with Gasteiger partial charge in [-0.15, -0.1) is 0 Å². The van der Waals surface area contributed by atoms with Gasteiger partial charge in [0, 0.05) is 0 Å². The van der Waals surface area contributed by atoms with E-state index < -0.39 is 11.7 Å². The van der Waals surface area contributed by atoms with Crippen molar-refractivity contribution in [2.24, 2.45) is 0 Å². The Kier molecular flexibility index (Phi) is 5.52. The summed E-state index contributed by atoms with van der Waals surface area (Å²) in [5.74, 6) is 0. The molecule has 0 spiro atoms. The van der Waals surface area contributed by atoms with Gasteiger partial charge < -0.3 is 0 Å². The quantitative estimate of drug-likeness (QED) is 0.586. The number of allylic oxidation sites excluding steroid dienone is 6. The van der Waals surface area contributed by atoms with Crippen molar-refractivity contribution >= 4 is 0 Å². The highest BCUT2D eigenvalue weighted by atomic mass is 19.4. The summed E-state index contributed by atoms with van der Waals surface area (Å²) in [5.41, 5.74) is 0.578. The van der Waals surface area contributed by atoms with Crippen molar-refractivity contribution in [1.29, 1.82) is 0 Å². The van der Waals surface area contributed by atoms with Gasteiger partial charge in [-0.05, 0) is 25.7 Å². The Morgan fingerprint density at radius 1 is 1.18 bits per heavy atom. The fourth-order valence-corrected chi connectivity index (χ4v) is 1.82. The van der Waals surface area contributed by atoms with Gasteiger partial charge in [0.25, 0.3) is 0 Å². The lowest BCUT2D eigenvalue weighted by atomic mass is 9.99. The van der Waals surface area contributed by atoms with Crippen molar-refractivity contribution in [2.75, 3.05) is 0 Å². The Balaban J connectivity index is 2.69. The largest absolute Gasteiger partial charge is 0.416 e. The lowest BCUT2D eigenvalue weighted by Crippen LogP contribution is -2.10. The first kappa shape index (κ1) is 14.1. The first-order valence-electron chi connectivity index (χ1n) is 6.17. The van der Waals surface area contributed by atoms with Crippen LogP contribution in [0, 0.1) is 0 Å². The monoisotopic (exact) mass is 244 g/mol. The minimum absolute atomic E-state index is 0.551. The maximum atomic E-state index is 12.5.